The van der Waals surface area contributed by atoms with E-state index >= 15 is 0 Å². The number of nitrogens with zero attached hydrogens (tertiary/aromatic N) is 3. The van der Waals surface area contributed by atoms with E-state index in [0.717, 1.165) is 44.0 Å². The maximum atomic E-state index is 5.72. The van der Waals surface area contributed by atoms with Crippen LogP contribution in [0.25, 0.3) is 11.5 Å². The number of piperazine rings is 1. The van der Waals surface area contributed by atoms with Gasteiger partial charge in [-0.2, -0.15) is 0 Å². The summed E-state index contributed by atoms with van der Waals surface area (Å²) in [5, 5.41) is 0. The van der Waals surface area contributed by atoms with E-state index in [1.54, 1.807) is 6.26 Å². The predicted molar refractivity (Wildman–Crippen MR) is 110 cm³/mol. The van der Waals surface area contributed by atoms with E-state index in [-0.39, 0.29) is 0 Å². The maximum Gasteiger partial charge on any atom is 0.226 e. The third kappa shape index (κ3) is 4.06. The lowest BCUT2D eigenvalue weighted by atomic mass is 10.1. The van der Waals surface area contributed by atoms with Gasteiger partial charge in [0, 0.05) is 44.0 Å². The van der Waals surface area contributed by atoms with Crippen LogP contribution in [0.2, 0.25) is 0 Å². The third-order valence-corrected chi connectivity index (χ3v) is 5.27. The van der Waals surface area contributed by atoms with Crippen molar-refractivity contribution in [1.82, 2.24) is 9.88 Å². The first-order valence-corrected chi connectivity index (χ1v) is 9.64. The molecular formula is C23H27N3O. The molecule has 1 aliphatic heterocycles. The van der Waals surface area contributed by atoms with Gasteiger partial charge in [-0.1, -0.05) is 35.4 Å². The lowest BCUT2D eigenvalue weighted by Crippen LogP contribution is -2.46. The van der Waals surface area contributed by atoms with Crippen LogP contribution in [0.4, 0.5) is 5.69 Å². The minimum absolute atomic E-state index is 0.711. The molecule has 0 radical (unpaired) electrons. The fourth-order valence-electron chi connectivity index (χ4n) is 3.83. The molecular weight excluding hydrogens is 334 g/mol. The Bertz CT molecular complexity index is 923. The summed E-state index contributed by atoms with van der Waals surface area (Å²) >= 11 is 0. The summed E-state index contributed by atoms with van der Waals surface area (Å²) in [6, 6.07) is 15.0. The van der Waals surface area contributed by atoms with Crippen LogP contribution in [0.15, 0.2) is 53.1 Å². The zero-order valence-electron chi connectivity index (χ0n) is 16.4. The van der Waals surface area contributed by atoms with Gasteiger partial charge in [0.2, 0.25) is 5.89 Å². The molecule has 0 saturated carbocycles. The standard InChI is InChI=1S/C23H27N3O/c1-17-5-4-6-20(14-17)23-24-21(16-27-23)15-25-9-11-26(12-10-25)22-8-7-18(2)13-19(22)3/h4-8,13-14,16H,9-12,15H2,1-3H3. The molecule has 2 heterocycles. The molecule has 0 atom stereocenters. The summed E-state index contributed by atoms with van der Waals surface area (Å²) in [4.78, 5) is 9.64. The molecule has 0 bridgehead atoms. The van der Waals surface area contributed by atoms with Crippen molar-refractivity contribution in [2.24, 2.45) is 0 Å². The lowest BCUT2D eigenvalue weighted by Gasteiger charge is -2.36. The van der Waals surface area contributed by atoms with Gasteiger partial charge < -0.3 is 9.32 Å². The minimum atomic E-state index is 0.711. The first-order chi connectivity index (χ1) is 13.1. The fourth-order valence-corrected chi connectivity index (χ4v) is 3.83. The monoisotopic (exact) mass is 361 g/mol. The smallest absolute Gasteiger partial charge is 0.226 e. The highest BCUT2D eigenvalue weighted by atomic mass is 16.3. The number of aromatic nitrogens is 1. The van der Waals surface area contributed by atoms with Crippen molar-refractivity contribution in [1.29, 1.82) is 0 Å². The molecule has 3 aromatic rings. The molecule has 4 heteroatoms. The highest BCUT2D eigenvalue weighted by molar-refractivity contribution is 5.55. The molecule has 0 amide bonds. The second-order valence-electron chi connectivity index (χ2n) is 7.57. The van der Waals surface area contributed by atoms with Crippen LogP contribution >= 0.6 is 0 Å². The molecule has 0 N–H and O–H groups in total. The third-order valence-electron chi connectivity index (χ3n) is 5.27. The highest BCUT2D eigenvalue weighted by Gasteiger charge is 2.19. The molecule has 1 fully saturated rings. The molecule has 1 aromatic heterocycles. The molecule has 0 aliphatic carbocycles. The number of hydrogen-bond donors (Lipinski definition) is 0. The Morgan fingerprint density at radius 1 is 0.926 bits per heavy atom. The van der Waals surface area contributed by atoms with Crippen molar-refractivity contribution in [3.63, 3.8) is 0 Å². The van der Waals surface area contributed by atoms with Gasteiger partial charge in [0.15, 0.2) is 0 Å². The number of rotatable bonds is 4. The predicted octanol–water partition coefficient (Wildman–Crippen LogP) is 4.59. The largest absolute Gasteiger partial charge is 0.444 e. The number of aryl methyl sites for hydroxylation is 3. The summed E-state index contributed by atoms with van der Waals surface area (Å²) in [6.07, 6.45) is 1.80. The number of anilines is 1. The van der Waals surface area contributed by atoms with Crippen molar-refractivity contribution in [3.05, 3.63) is 71.1 Å². The summed E-state index contributed by atoms with van der Waals surface area (Å²) < 4.78 is 5.72. The summed E-state index contributed by atoms with van der Waals surface area (Å²) in [5.74, 6) is 0.711. The van der Waals surface area contributed by atoms with Crippen LogP contribution in [0.5, 0.6) is 0 Å². The first-order valence-electron chi connectivity index (χ1n) is 9.64. The Kier molecular flexibility index (Phi) is 4.99. The Hall–Kier alpha value is -2.59. The topological polar surface area (TPSA) is 32.5 Å². The van der Waals surface area contributed by atoms with Gasteiger partial charge in [0.25, 0.3) is 0 Å². The normalized spacial score (nSPS) is 15.3. The Morgan fingerprint density at radius 2 is 1.70 bits per heavy atom. The quantitative estimate of drug-likeness (QED) is 0.680. The molecule has 4 rings (SSSR count). The van der Waals surface area contributed by atoms with Gasteiger partial charge in [0.05, 0.1) is 5.69 Å². The van der Waals surface area contributed by atoms with Gasteiger partial charge in [0.1, 0.15) is 6.26 Å². The van der Waals surface area contributed by atoms with E-state index < -0.39 is 0 Å². The van der Waals surface area contributed by atoms with Gasteiger partial charge in [-0.15, -0.1) is 0 Å². The summed E-state index contributed by atoms with van der Waals surface area (Å²) in [5.41, 5.74) is 7.32. The van der Waals surface area contributed by atoms with Gasteiger partial charge in [-0.05, 0) is 44.5 Å². The van der Waals surface area contributed by atoms with Gasteiger partial charge >= 0.3 is 0 Å². The lowest BCUT2D eigenvalue weighted by molar-refractivity contribution is 0.247. The van der Waals surface area contributed by atoms with Gasteiger partial charge in [-0.3, -0.25) is 4.90 Å². The second kappa shape index (κ2) is 7.57. The van der Waals surface area contributed by atoms with E-state index in [1.165, 1.54) is 22.4 Å². The molecule has 1 aliphatic rings. The highest BCUT2D eigenvalue weighted by Crippen LogP contribution is 2.24. The Balaban J connectivity index is 1.37. The molecule has 27 heavy (non-hydrogen) atoms. The van der Waals surface area contributed by atoms with E-state index in [4.69, 9.17) is 9.40 Å². The number of oxazole rings is 1. The molecule has 0 spiro atoms. The number of benzene rings is 2. The molecule has 0 unspecified atom stereocenters. The Morgan fingerprint density at radius 3 is 2.44 bits per heavy atom. The van der Waals surface area contributed by atoms with Crippen molar-refractivity contribution < 1.29 is 4.42 Å². The average Bonchev–Trinajstić information content (AvgIpc) is 3.11. The van der Waals surface area contributed by atoms with Crippen LogP contribution in [0.1, 0.15) is 22.4 Å². The molecule has 140 valence electrons. The zero-order valence-corrected chi connectivity index (χ0v) is 16.4. The maximum absolute atomic E-state index is 5.72. The summed E-state index contributed by atoms with van der Waals surface area (Å²) in [6.45, 7) is 11.5. The second-order valence-corrected chi connectivity index (χ2v) is 7.57. The van der Waals surface area contributed by atoms with Crippen molar-refractivity contribution in [3.8, 4) is 11.5 Å². The van der Waals surface area contributed by atoms with Crippen LogP contribution < -0.4 is 4.90 Å². The van der Waals surface area contributed by atoms with E-state index in [1.807, 2.05) is 12.1 Å². The van der Waals surface area contributed by atoms with Gasteiger partial charge in [-0.25, -0.2) is 4.98 Å². The number of hydrogen-bond acceptors (Lipinski definition) is 4. The zero-order chi connectivity index (χ0) is 18.8. The van der Waals surface area contributed by atoms with Crippen LogP contribution in [0, 0.1) is 20.8 Å². The van der Waals surface area contributed by atoms with E-state index in [0.29, 0.717) is 5.89 Å². The fraction of sp³-hybridized carbons (Fsp3) is 0.348. The van der Waals surface area contributed by atoms with E-state index in [9.17, 15) is 0 Å². The van der Waals surface area contributed by atoms with Crippen molar-refractivity contribution in [2.45, 2.75) is 27.3 Å². The van der Waals surface area contributed by atoms with Crippen LogP contribution in [0.3, 0.4) is 0 Å². The van der Waals surface area contributed by atoms with Crippen molar-refractivity contribution >= 4 is 5.69 Å². The first kappa shape index (κ1) is 17.8. The molecule has 4 nitrogen and oxygen atoms in total. The SMILES string of the molecule is Cc1cccc(-c2nc(CN3CCN(c4ccc(C)cc4C)CC3)co2)c1. The molecule has 2 aromatic carbocycles. The summed E-state index contributed by atoms with van der Waals surface area (Å²) in [7, 11) is 0. The van der Waals surface area contributed by atoms with Crippen LogP contribution in [-0.2, 0) is 6.54 Å². The molecule has 1 saturated heterocycles. The Labute approximate surface area is 161 Å². The minimum Gasteiger partial charge on any atom is -0.444 e. The average molecular weight is 361 g/mol. The van der Waals surface area contributed by atoms with E-state index in [2.05, 4.69) is 60.9 Å². The van der Waals surface area contributed by atoms with Crippen molar-refractivity contribution in [2.75, 3.05) is 31.1 Å². The van der Waals surface area contributed by atoms with Crippen LogP contribution in [-0.4, -0.2) is 36.1 Å².